The highest BCUT2D eigenvalue weighted by molar-refractivity contribution is 7.80. The molecule has 0 bridgehead atoms. The summed E-state index contributed by atoms with van der Waals surface area (Å²) in [6.45, 7) is 6.32. The SMILES string of the molecule is Cc1cccc(NC(=O)C2CCCCC2(C)C)c1C(N)=S. The molecule has 1 unspecified atom stereocenters. The Kier molecular flexibility index (Phi) is 4.67. The monoisotopic (exact) mass is 304 g/mol. The van der Waals surface area contributed by atoms with Gasteiger partial charge in [-0.15, -0.1) is 0 Å². The number of hydrogen-bond acceptors (Lipinski definition) is 2. The summed E-state index contributed by atoms with van der Waals surface area (Å²) in [5, 5.41) is 3.05. The van der Waals surface area contributed by atoms with Crippen molar-refractivity contribution in [2.75, 3.05) is 5.32 Å². The third-order valence-corrected chi connectivity index (χ3v) is 4.80. The van der Waals surface area contributed by atoms with Crippen LogP contribution in [0.15, 0.2) is 18.2 Å². The molecule has 1 aromatic carbocycles. The minimum Gasteiger partial charge on any atom is -0.389 e. The van der Waals surface area contributed by atoms with Gasteiger partial charge in [0.15, 0.2) is 0 Å². The Morgan fingerprint density at radius 2 is 2.10 bits per heavy atom. The summed E-state index contributed by atoms with van der Waals surface area (Å²) >= 11 is 5.12. The number of hydrogen-bond donors (Lipinski definition) is 2. The Morgan fingerprint density at radius 1 is 1.38 bits per heavy atom. The third kappa shape index (κ3) is 3.43. The number of carbonyl (C=O) groups excluding carboxylic acids is 1. The van der Waals surface area contributed by atoms with Gasteiger partial charge in [0.25, 0.3) is 0 Å². The molecular weight excluding hydrogens is 280 g/mol. The average molecular weight is 304 g/mol. The fourth-order valence-corrected chi connectivity index (χ4v) is 3.57. The number of aryl methyl sites for hydroxylation is 1. The molecule has 1 amide bonds. The summed E-state index contributed by atoms with van der Waals surface area (Å²) in [6, 6.07) is 5.74. The van der Waals surface area contributed by atoms with Crippen LogP contribution in [0.25, 0.3) is 0 Å². The van der Waals surface area contributed by atoms with E-state index in [1.54, 1.807) is 0 Å². The fourth-order valence-electron chi connectivity index (χ4n) is 3.30. The molecule has 1 aromatic rings. The van der Waals surface area contributed by atoms with Crippen LogP contribution in [0.4, 0.5) is 5.69 Å². The Labute approximate surface area is 132 Å². The van der Waals surface area contributed by atoms with Crippen molar-refractivity contribution in [3.63, 3.8) is 0 Å². The van der Waals surface area contributed by atoms with Gasteiger partial charge in [-0.25, -0.2) is 0 Å². The first kappa shape index (κ1) is 16.0. The lowest BCUT2D eigenvalue weighted by Gasteiger charge is -2.37. The van der Waals surface area contributed by atoms with Gasteiger partial charge in [0, 0.05) is 11.5 Å². The first-order chi connectivity index (χ1) is 9.83. The van der Waals surface area contributed by atoms with Crippen molar-refractivity contribution in [3.8, 4) is 0 Å². The number of amides is 1. The van der Waals surface area contributed by atoms with Crippen LogP contribution in [0.1, 0.15) is 50.7 Å². The second-order valence-electron chi connectivity index (χ2n) is 6.64. The van der Waals surface area contributed by atoms with Crippen LogP contribution in [-0.4, -0.2) is 10.9 Å². The quantitative estimate of drug-likeness (QED) is 0.835. The number of nitrogens with one attached hydrogen (secondary N) is 1. The summed E-state index contributed by atoms with van der Waals surface area (Å²) < 4.78 is 0. The van der Waals surface area contributed by atoms with Crippen LogP contribution < -0.4 is 11.1 Å². The third-order valence-electron chi connectivity index (χ3n) is 4.60. The van der Waals surface area contributed by atoms with E-state index < -0.39 is 0 Å². The van der Waals surface area contributed by atoms with Crippen molar-refractivity contribution in [2.24, 2.45) is 17.1 Å². The first-order valence-corrected chi connectivity index (χ1v) is 7.94. The largest absolute Gasteiger partial charge is 0.389 e. The number of nitrogens with two attached hydrogens (primary N) is 1. The molecule has 21 heavy (non-hydrogen) atoms. The van der Waals surface area contributed by atoms with Gasteiger partial charge < -0.3 is 11.1 Å². The molecule has 0 aromatic heterocycles. The smallest absolute Gasteiger partial charge is 0.228 e. The van der Waals surface area contributed by atoms with E-state index in [-0.39, 0.29) is 17.2 Å². The van der Waals surface area contributed by atoms with E-state index in [1.807, 2.05) is 25.1 Å². The van der Waals surface area contributed by atoms with Crippen LogP contribution in [0, 0.1) is 18.3 Å². The standard InChI is InChI=1S/C17H24N2OS/c1-11-7-6-9-13(14(11)15(18)21)19-16(20)12-8-4-5-10-17(12,2)3/h6-7,9,12H,4-5,8,10H2,1-3H3,(H2,18,21)(H,19,20). The Hall–Kier alpha value is -1.42. The zero-order valence-corrected chi connectivity index (χ0v) is 13.8. The molecule has 2 rings (SSSR count). The lowest BCUT2D eigenvalue weighted by atomic mass is 9.68. The molecule has 114 valence electrons. The zero-order valence-electron chi connectivity index (χ0n) is 13.0. The summed E-state index contributed by atoms with van der Waals surface area (Å²) in [6.07, 6.45) is 4.38. The number of carbonyl (C=O) groups is 1. The molecule has 1 saturated carbocycles. The predicted octanol–water partition coefficient (Wildman–Crippen LogP) is 3.78. The fraction of sp³-hybridized carbons (Fsp3) is 0.529. The van der Waals surface area contributed by atoms with E-state index in [2.05, 4.69) is 19.2 Å². The van der Waals surface area contributed by atoms with Gasteiger partial charge in [-0.05, 0) is 36.8 Å². The van der Waals surface area contributed by atoms with E-state index in [4.69, 9.17) is 18.0 Å². The van der Waals surface area contributed by atoms with Crippen molar-refractivity contribution in [3.05, 3.63) is 29.3 Å². The van der Waals surface area contributed by atoms with E-state index in [1.165, 1.54) is 6.42 Å². The van der Waals surface area contributed by atoms with Gasteiger partial charge in [-0.1, -0.05) is 51.0 Å². The highest BCUT2D eigenvalue weighted by Gasteiger charge is 2.37. The Balaban J connectivity index is 2.24. The highest BCUT2D eigenvalue weighted by atomic mass is 32.1. The van der Waals surface area contributed by atoms with Crippen molar-refractivity contribution in [1.82, 2.24) is 0 Å². The molecule has 0 heterocycles. The molecule has 1 aliphatic carbocycles. The molecule has 1 atom stereocenters. The summed E-state index contributed by atoms with van der Waals surface area (Å²) in [5.74, 6) is 0.133. The number of thiocarbonyl (C=S) groups is 1. The van der Waals surface area contributed by atoms with Crippen LogP contribution in [-0.2, 0) is 4.79 Å². The normalized spacial score (nSPS) is 20.8. The summed E-state index contributed by atoms with van der Waals surface area (Å²) in [7, 11) is 0. The van der Waals surface area contributed by atoms with Gasteiger partial charge in [-0.3, -0.25) is 4.79 Å². The van der Waals surface area contributed by atoms with Gasteiger partial charge >= 0.3 is 0 Å². The van der Waals surface area contributed by atoms with Crippen LogP contribution in [0.2, 0.25) is 0 Å². The van der Waals surface area contributed by atoms with Crippen LogP contribution in [0.3, 0.4) is 0 Å². The minimum atomic E-state index is 0.0472. The second-order valence-corrected chi connectivity index (χ2v) is 7.08. The molecule has 3 nitrogen and oxygen atoms in total. The lowest BCUT2D eigenvalue weighted by molar-refractivity contribution is -0.124. The maximum atomic E-state index is 12.7. The van der Waals surface area contributed by atoms with Crippen molar-refractivity contribution in [1.29, 1.82) is 0 Å². The molecule has 1 aliphatic rings. The maximum absolute atomic E-state index is 12.7. The Bertz CT molecular complexity index is 566. The molecule has 3 N–H and O–H groups in total. The topological polar surface area (TPSA) is 55.1 Å². The van der Waals surface area contributed by atoms with E-state index in [0.29, 0.717) is 4.99 Å². The molecule has 4 heteroatoms. The molecule has 1 fully saturated rings. The zero-order chi connectivity index (χ0) is 15.6. The Morgan fingerprint density at radius 3 is 2.71 bits per heavy atom. The van der Waals surface area contributed by atoms with Gasteiger partial charge in [0.05, 0.1) is 5.69 Å². The van der Waals surface area contributed by atoms with Crippen LogP contribution >= 0.6 is 12.2 Å². The second kappa shape index (κ2) is 6.14. The first-order valence-electron chi connectivity index (χ1n) is 7.53. The van der Waals surface area contributed by atoms with Crippen LogP contribution in [0.5, 0.6) is 0 Å². The number of rotatable bonds is 3. The number of anilines is 1. The predicted molar refractivity (Wildman–Crippen MR) is 91.4 cm³/mol. The molecule has 0 spiro atoms. The van der Waals surface area contributed by atoms with Crippen molar-refractivity contribution in [2.45, 2.75) is 46.5 Å². The summed E-state index contributed by atoms with van der Waals surface area (Å²) in [4.78, 5) is 13.0. The summed E-state index contributed by atoms with van der Waals surface area (Å²) in [5.41, 5.74) is 8.35. The van der Waals surface area contributed by atoms with E-state index in [9.17, 15) is 4.79 Å². The van der Waals surface area contributed by atoms with Gasteiger partial charge in [-0.2, -0.15) is 0 Å². The van der Waals surface area contributed by atoms with E-state index in [0.717, 1.165) is 36.1 Å². The molecule has 0 aliphatic heterocycles. The average Bonchev–Trinajstić information content (AvgIpc) is 2.37. The lowest BCUT2D eigenvalue weighted by Crippen LogP contribution is -2.37. The molecular formula is C17H24N2OS. The van der Waals surface area contributed by atoms with Crippen molar-refractivity contribution >= 4 is 28.8 Å². The van der Waals surface area contributed by atoms with Gasteiger partial charge in [0.1, 0.15) is 4.99 Å². The van der Waals surface area contributed by atoms with Crippen molar-refractivity contribution < 1.29 is 4.79 Å². The van der Waals surface area contributed by atoms with E-state index >= 15 is 0 Å². The minimum absolute atomic E-state index is 0.0472. The van der Waals surface area contributed by atoms with Gasteiger partial charge in [0.2, 0.25) is 5.91 Å². The molecule has 0 radical (unpaired) electrons. The maximum Gasteiger partial charge on any atom is 0.228 e. The number of benzene rings is 1. The molecule has 0 saturated heterocycles. The highest BCUT2D eigenvalue weighted by Crippen LogP contribution is 2.41.